The average Bonchev–Trinajstić information content (AvgIpc) is 2.67. The van der Waals surface area contributed by atoms with Gasteiger partial charge in [-0.05, 0) is 24.6 Å². The zero-order valence-corrected chi connectivity index (χ0v) is 16.4. The molecule has 27 heavy (non-hydrogen) atoms. The fourth-order valence-corrected chi connectivity index (χ4v) is 3.00. The number of hydrogen-bond acceptors (Lipinski definition) is 6. The van der Waals surface area contributed by atoms with Crippen LogP contribution in [0.15, 0.2) is 18.2 Å². The molecule has 1 aromatic carbocycles. The number of carbonyl (C=O) groups is 2. The monoisotopic (exact) mass is 378 g/mol. The molecular weight excluding hydrogens is 348 g/mol. The van der Waals surface area contributed by atoms with Gasteiger partial charge in [-0.2, -0.15) is 0 Å². The normalized spacial score (nSPS) is 15.2. The van der Waals surface area contributed by atoms with E-state index in [1.54, 1.807) is 14.2 Å². The summed E-state index contributed by atoms with van der Waals surface area (Å²) >= 11 is 0. The summed E-state index contributed by atoms with van der Waals surface area (Å²) < 4.78 is 10.7. The fraction of sp³-hybridized carbons (Fsp3) is 0.579. The van der Waals surface area contributed by atoms with Gasteiger partial charge in [0.2, 0.25) is 5.91 Å². The molecule has 0 spiro atoms. The summed E-state index contributed by atoms with van der Waals surface area (Å²) in [5, 5.41) is 5.00. The van der Waals surface area contributed by atoms with Crippen molar-refractivity contribution in [3.05, 3.63) is 23.8 Å². The van der Waals surface area contributed by atoms with E-state index >= 15 is 0 Å². The number of piperazine rings is 1. The summed E-state index contributed by atoms with van der Waals surface area (Å²) in [5.74, 6) is 1.38. The number of imide groups is 1. The first-order chi connectivity index (χ1) is 13.0. The van der Waals surface area contributed by atoms with E-state index in [-0.39, 0.29) is 12.5 Å². The first-order valence-electron chi connectivity index (χ1n) is 9.29. The summed E-state index contributed by atoms with van der Waals surface area (Å²) in [4.78, 5) is 27.9. The number of urea groups is 1. The van der Waals surface area contributed by atoms with Crippen LogP contribution in [0.2, 0.25) is 0 Å². The minimum atomic E-state index is -0.425. The third-order valence-corrected chi connectivity index (χ3v) is 4.50. The van der Waals surface area contributed by atoms with Gasteiger partial charge < -0.3 is 14.8 Å². The number of methoxy groups -OCH3 is 2. The SMILES string of the molecule is CCCNC(=O)NC(=O)CN1CCN(Cc2cc(OC)ccc2OC)CC1. The smallest absolute Gasteiger partial charge is 0.321 e. The molecule has 8 nitrogen and oxygen atoms in total. The van der Waals surface area contributed by atoms with Crippen LogP contribution in [0.5, 0.6) is 11.5 Å². The van der Waals surface area contributed by atoms with Gasteiger partial charge in [-0.1, -0.05) is 6.92 Å². The number of rotatable bonds is 8. The number of carbonyl (C=O) groups excluding carboxylic acids is 2. The Morgan fingerprint density at radius 2 is 1.78 bits per heavy atom. The van der Waals surface area contributed by atoms with E-state index in [0.717, 1.165) is 56.2 Å². The molecule has 0 aliphatic carbocycles. The molecule has 0 radical (unpaired) electrons. The molecule has 150 valence electrons. The Bertz CT molecular complexity index is 630. The van der Waals surface area contributed by atoms with Gasteiger partial charge in [0, 0.05) is 44.8 Å². The molecule has 2 N–H and O–H groups in total. The van der Waals surface area contributed by atoms with Gasteiger partial charge in [0.05, 0.1) is 20.8 Å². The van der Waals surface area contributed by atoms with Crippen molar-refractivity contribution < 1.29 is 19.1 Å². The highest BCUT2D eigenvalue weighted by Crippen LogP contribution is 2.25. The van der Waals surface area contributed by atoms with Crippen LogP contribution < -0.4 is 20.1 Å². The van der Waals surface area contributed by atoms with Crippen molar-refractivity contribution >= 4 is 11.9 Å². The van der Waals surface area contributed by atoms with Crippen molar-refractivity contribution in [2.45, 2.75) is 19.9 Å². The minimum absolute atomic E-state index is 0.232. The van der Waals surface area contributed by atoms with Gasteiger partial charge in [-0.25, -0.2) is 4.79 Å². The number of nitrogens with one attached hydrogen (secondary N) is 2. The second-order valence-electron chi connectivity index (χ2n) is 6.53. The molecule has 0 aromatic heterocycles. The van der Waals surface area contributed by atoms with Crippen molar-refractivity contribution in [1.82, 2.24) is 20.4 Å². The predicted octanol–water partition coefficient (Wildman–Crippen LogP) is 1.06. The van der Waals surface area contributed by atoms with Crippen molar-refractivity contribution in [2.24, 2.45) is 0 Å². The Morgan fingerprint density at radius 1 is 1.07 bits per heavy atom. The number of ether oxygens (including phenoxy) is 2. The molecule has 1 heterocycles. The van der Waals surface area contributed by atoms with E-state index < -0.39 is 6.03 Å². The quantitative estimate of drug-likeness (QED) is 0.704. The highest BCUT2D eigenvalue weighted by Gasteiger charge is 2.21. The van der Waals surface area contributed by atoms with Crippen LogP contribution in [0.25, 0.3) is 0 Å². The van der Waals surface area contributed by atoms with Crippen molar-refractivity contribution in [3.63, 3.8) is 0 Å². The Labute approximate surface area is 160 Å². The summed E-state index contributed by atoms with van der Waals surface area (Å²) in [5.41, 5.74) is 1.08. The van der Waals surface area contributed by atoms with Gasteiger partial charge in [0.1, 0.15) is 11.5 Å². The van der Waals surface area contributed by atoms with E-state index in [4.69, 9.17) is 9.47 Å². The standard InChI is InChI=1S/C19H30N4O4/c1-4-7-20-19(25)21-18(24)14-23-10-8-22(9-11-23)13-15-12-16(26-2)5-6-17(15)27-3/h5-6,12H,4,7-11,13-14H2,1-3H3,(H2,20,21,24,25). The summed E-state index contributed by atoms with van der Waals surface area (Å²) in [6.45, 7) is 6.75. The van der Waals surface area contributed by atoms with E-state index in [1.165, 1.54) is 0 Å². The molecule has 1 aromatic rings. The number of hydrogen-bond donors (Lipinski definition) is 2. The van der Waals surface area contributed by atoms with Crippen molar-refractivity contribution in [2.75, 3.05) is 53.5 Å². The summed E-state index contributed by atoms with van der Waals surface area (Å²) in [6, 6.07) is 5.37. The van der Waals surface area contributed by atoms with E-state index in [1.807, 2.05) is 25.1 Å². The van der Waals surface area contributed by atoms with Crippen LogP contribution in [0.4, 0.5) is 4.79 Å². The van der Waals surface area contributed by atoms with Crippen LogP contribution in [-0.2, 0) is 11.3 Å². The molecule has 1 aliphatic rings. The molecule has 3 amide bonds. The molecule has 0 unspecified atom stereocenters. The highest BCUT2D eigenvalue weighted by atomic mass is 16.5. The van der Waals surface area contributed by atoms with Crippen LogP contribution >= 0.6 is 0 Å². The lowest BCUT2D eigenvalue weighted by atomic mass is 10.1. The third-order valence-electron chi connectivity index (χ3n) is 4.50. The Morgan fingerprint density at radius 3 is 2.41 bits per heavy atom. The first-order valence-corrected chi connectivity index (χ1v) is 9.29. The molecular formula is C19H30N4O4. The molecule has 8 heteroatoms. The Hall–Kier alpha value is -2.32. The predicted molar refractivity (Wildman–Crippen MR) is 103 cm³/mol. The molecule has 2 rings (SSSR count). The summed E-state index contributed by atoms with van der Waals surface area (Å²) in [6.07, 6.45) is 0.835. The Kier molecular flexibility index (Phi) is 8.35. The highest BCUT2D eigenvalue weighted by molar-refractivity contribution is 5.95. The fourth-order valence-electron chi connectivity index (χ4n) is 3.00. The number of benzene rings is 1. The van der Waals surface area contributed by atoms with Gasteiger partial charge in [0.15, 0.2) is 0 Å². The van der Waals surface area contributed by atoms with Gasteiger partial charge in [-0.3, -0.25) is 19.9 Å². The van der Waals surface area contributed by atoms with E-state index in [9.17, 15) is 9.59 Å². The second-order valence-corrected chi connectivity index (χ2v) is 6.53. The molecule has 0 bridgehead atoms. The molecule has 1 aliphatic heterocycles. The van der Waals surface area contributed by atoms with Gasteiger partial charge >= 0.3 is 6.03 Å². The lowest BCUT2D eigenvalue weighted by Gasteiger charge is -2.34. The van der Waals surface area contributed by atoms with Crippen LogP contribution in [0.3, 0.4) is 0 Å². The number of nitrogens with zero attached hydrogens (tertiary/aromatic N) is 2. The first kappa shape index (κ1) is 21.0. The number of amides is 3. The van der Waals surface area contributed by atoms with Crippen LogP contribution in [0, 0.1) is 0 Å². The molecule has 1 saturated heterocycles. The van der Waals surface area contributed by atoms with E-state index in [2.05, 4.69) is 20.4 Å². The summed E-state index contributed by atoms with van der Waals surface area (Å²) in [7, 11) is 3.32. The maximum Gasteiger partial charge on any atom is 0.321 e. The molecule has 0 saturated carbocycles. The maximum absolute atomic E-state index is 12.0. The van der Waals surface area contributed by atoms with Crippen LogP contribution in [-0.4, -0.2) is 75.2 Å². The zero-order chi connectivity index (χ0) is 19.6. The minimum Gasteiger partial charge on any atom is -0.497 e. The lowest BCUT2D eigenvalue weighted by molar-refractivity contribution is -0.121. The van der Waals surface area contributed by atoms with E-state index in [0.29, 0.717) is 6.54 Å². The van der Waals surface area contributed by atoms with Crippen molar-refractivity contribution in [1.29, 1.82) is 0 Å². The largest absolute Gasteiger partial charge is 0.497 e. The average molecular weight is 378 g/mol. The third kappa shape index (κ3) is 6.73. The maximum atomic E-state index is 12.0. The topological polar surface area (TPSA) is 83.1 Å². The second kappa shape index (κ2) is 10.7. The zero-order valence-electron chi connectivity index (χ0n) is 16.4. The Balaban J connectivity index is 1.78. The molecule has 1 fully saturated rings. The van der Waals surface area contributed by atoms with Crippen LogP contribution in [0.1, 0.15) is 18.9 Å². The molecule has 0 atom stereocenters. The lowest BCUT2D eigenvalue weighted by Crippen LogP contribution is -2.50. The van der Waals surface area contributed by atoms with Gasteiger partial charge in [-0.15, -0.1) is 0 Å². The van der Waals surface area contributed by atoms with Gasteiger partial charge in [0.25, 0.3) is 0 Å². The van der Waals surface area contributed by atoms with Crippen molar-refractivity contribution in [3.8, 4) is 11.5 Å².